The second-order valence-electron chi connectivity index (χ2n) is 4.49. The molecule has 0 aliphatic rings. The number of nitrogens with zero attached hydrogens (tertiary/aromatic N) is 3. The van der Waals surface area contributed by atoms with Crippen LogP contribution in [0.2, 0.25) is 0 Å². The van der Waals surface area contributed by atoms with E-state index in [0.29, 0.717) is 5.69 Å². The summed E-state index contributed by atoms with van der Waals surface area (Å²) in [5.41, 5.74) is 2.24. The summed E-state index contributed by atoms with van der Waals surface area (Å²) >= 11 is 0. The first-order chi connectivity index (χ1) is 8.43. The second-order valence-corrected chi connectivity index (χ2v) is 4.49. The van der Waals surface area contributed by atoms with Crippen LogP contribution in [0, 0.1) is 6.92 Å². The zero-order valence-corrected chi connectivity index (χ0v) is 11.0. The molecule has 0 spiro atoms. The first kappa shape index (κ1) is 12.3. The van der Waals surface area contributed by atoms with Crippen LogP contribution in [0.3, 0.4) is 0 Å². The molecule has 0 radical (unpaired) electrons. The van der Waals surface area contributed by atoms with Crippen molar-refractivity contribution in [3.05, 3.63) is 40.3 Å². The van der Waals surface area contributed by atoms with Gasteiger partial charge in [-0.1, -0.05) is 0 Å². The van der Waals surface area contributed by atoms with Crippen LogP contribution in [-0.4, -0.2) is 28.6 Å². The molecule has 5 heteroatoms. The number of aromatic nitrogens is 2. The van der Waals surface area contributed by atoms with Crippen LogP contribution < -0.4 is 10.5 Å². The number of benzene rings is 1. The van der Waals surface area contributed by atoms with Crippen molar-refractivity contribution >= 4 is 5.69 Å². The zero-order chi connectivity index (χ0) is 13.4. The van der Waals surface area contributed by atoms with Gasteiger partial charge in [-0.2, -0.15) is 0 Å². The van der Waals surface area contributed by atoms with Crippen molar-refractivity contribution in [2.75, 3.05) is 19.0 Å². The van der Waals surface area contributed by atoms with E-state index in [1.807, 2.05) is 37.6 Å². The summed E-state index contributed by atoms with van der Waals surface area (Å²) in [5, 5.41) is 9.29. The van der Waals surface area contributed by atoms with Crippen molar-refractivity contribution in [2.24, 2.45) is 7.05 Å². The Morgan fingerprint density at radius 3 is 2.17 bits per heavy atom. The number of phenols is 1. The molecule has 1 N–H and O–H groups in total. The average molecular weight is 247 g/mol. The lowest BCUT2D eigenvalue weighted by molar-refractivity contribution is 0.475. The molecule has 0 aliphatic carbocycles. The molecule has 0 saturated carbocycles. The van der Waals surface area contributed by atoms with Gasteiger partial charge in [0.2, 0.25) is 0 Å². The summed E-state index contributed by atoms with van der Waals surface area (Å²) in [5.74, 6) is 0.186. The first-order valence-corrected chi connectivity index (χ1v) is 5.69. The fourth-order valence-corrected chi connectivity index (χ4v) is 2.09. The van der Waals surface area contributed by atoms with Gasteiger partial charge in [-0.3, -0.25) is 9.48 Å². The largest absolute Gasteiger partial charge is 0.508 e. The van der Waals surface area contributed by atoms with Gasteiger partial charge >= 0.3 is 0 Å². The Balaban J connectivity index is 2.69. The van der Waals surface area contributed by atoms with Gasteiger partial charge in [0.25, 0.3) is 5.56 Å². The lowest BCUT2D eigenvalue weighted by atomic mass is 10.3. The maximum Gasteiger partial charge on any atom is 0.295 e. The summed E-state index contributed by atoms with van der Waals surface area (Å²) in [4.78, 5) is 14.2. The third kappa shape index (κ3) is 1.77. The molecule has 1 aromatic heterocycles. The Hall–Kier alpha value is -2.17. The number of phenolic OH excluding ortho intramolecular Hbond substituents is 1. The fraction of sp³-hybridized carbons (Fsp3) is 0.308. The van der Waals surface area contributed by atoms with Gasteiger partial charge in [0, 0.05) is 21.1 Å². The van der Waals surface area contributed by atoms with Gasteiger partial charge in [-0.15, -0.1) is 0 Å². The van der Waals surface area contributed by atoms with Crippen molar-refractivity contribution in [2.45, 2.75) is 6.92 Å². The van der Waals surface area contributed by atoms with Crippen LogP contribution in [0.15, 0.2) is 29.1 Å². The molecule has 2 aromatic rings. The Kier molecular flexibility index (Phi) is 2.90. The monoisotopic (exact) mass is 247 g/mol. The van der Waals surface area contributed by atoms with E-state index in [1.165, 1.54) is 0 Å². The highest BCUT2D eigenvalue weighted by Crippen LogP contribution is 2.17. The number of rotatable bonds is 2. The molecule has 18 heavy (non-hydrogen) atoms. The van der Waals surface area contributed by atoms with E-state index in [1.54, 1.807) is 28.9 Å². The first-order valence-electron chi connectivity index (χ1n) is 5.69. The summed E-state index contributed by atoms with van der Waals surface area (Å²) < 4.78 is 3.40. The third-order valence-corrected chi connectivity index (χ3v) is 3.06. The van der Waals surface area contributed by atoms with Crippen LogP contribution in [0.5, 0.6) is 5.75 Å². The van der Waals surface area contributed by atoms with Gasteiger partial charge in [0.05, 0.1) is 11.4 Å². The average Bonchev–Trinajstić information content (AvgIpc) is 2.52. The SMILES string of the molecule is Cc1c(N(C)C)c(=O)n(-c2ccc(O)cc2)n1C. The molecule has 0 saturated heterocycles. The topological polar surface area (TPSA) is 50.4 Å². The Morgan fingerprint density at radius 2 is 1.72 bits per heavy atom. The Labute approximate surface area is 105 Å². The van der Waals surface area contributed by atoms with Gasteiger partial charge in [0.15, 0.2) is 0 Å². The van der Waals surface area contributed by atoms with E-state index in [9.17, 15) is 9.90 Å². The summed E-state index contributed by atoms with van der Waals surface area (Å²) in [6.45, 7) is 1.91. The van der Waals surface area contributed by atoms with Crippen LogP contribution >= 0.6 is 0 Å². The molecule has 0 aliphatic heterocycles. The van der Waals surface area contributed by atoms with E-state index in [4.69, 9.17) is 0 Å². The predicted molar refractivity (Wildman–Crippen MR) is 71.7 cm³/mol. The van der Waals surface area contributed by atoms with E-state index >= 15 is 0 Å². The molecule has 0 atom stereocenters. The minimum atomic E-state index is -0.0642. The standard InChI is InChI=1S/C13H17N3O2/c1-9-12(14(2)3)13(18)16(15(9)4)10-5-7-11(17)8-6-10/h5-8,17H,1-4H3. The minimum absolute atomic E-state index is 0.0642. The van der Waals surface area contributed by atoms with Crippen LogP contribution in [-0.2, 0) is 7.05 Å². The van der Waals surface area contributed by atoms with Crippen LogP contribution in [0.1, 0.15) is 5.69 Å². The Morgan fingerprint density at radius 1 is 1.17 bits per heavy atom. The molecule has 2 rings (SSSR count). The summed E-state index contributed by atoms with van der Waals surface area (Å²) in [6, 6.07) is 6.57. The lowest BCUT2D eigenvalue weighted by Gasteiger charge is -2.09. The molecule has 0 unspecified atom stereocenters. The second kappa shape index (κ2) is 4.25. The smallest absolute Gasteiger partial charge is 0.295 e. The van der Waals surface area contributed by atoms with Gasteiger partial charge in [0.1, 0.15) is 11.4 Å². The Bertz CT molecular complexity index is 621. The molecular formula is C13H17N3O2. The van der Waals surface area contributed by atoms with E-state index in [2.05, 4.69) is 0 Å². The molecule has 1 aromatic carbocycles. The van der Waals surface area contributed by atoms with Crippen LogP contribution in [0.25, 0.3) is 5.69 Å². The zero-order valence-electron chi connectivity index (χ0n) is 11.0. The van der Waals surface area contributed by atoms with Gasteiger partial charge in [-0.25, -0.2) is 4.68 Å². The van der Waals surface area contributed by atoms with Crippen LogP contribution in [0.4, 0.5) is 5.69 Å². The van der Waals surface area contributed by atoms with E-state index < -0.39 is 0 Å². The fourth-order valence-electron chi connectivity index (χ4n) is 2.09. The van der Waals surface area contributed by atoms with Crippen molar-refractivity contribution in [1.82, 2.24) is 9.36 Å². The molecule has 0 fully saturated rings. The number of hydrogen-bond donors (Lipinski definition) is 1. The normalized spacial score (nSPS) is 10.7. The number of anilines is 1. The number of aromatic hydroxyl groups is 1. The third-order valence-electron chi connectivity index (χ3n) is 3.06. The predicted octanol–water partition coefficient (Wildman–Crippen LogP) is 1.26. The summed E-state index contributed by atoms with van der Waals surface area (Å²) in [6.07, 6.45) is 0. The van der Waals surface area contributed by atoms with Crippen molar-refractivity contribution in [3.63, 3.8) is 0 Å². The van der Waals surface area contributed by atoms with Crippen molar-refractivity contribution in [3.8, 4) is 11.4 Å². The summed E-state index contributed by atoms with van der Waals surface area (Å²) in [7, 11) is 5.55. The molecular weight excluding hydrogens is 230 g/mol. The maximum atomic E-state index is 12.4. The highest BCUT2D eigenvalue weighted by molar-refractivity contribution is 5.50. The minimum Gasteiger partial charge on any atom is -0.508 e. The van der Waals surface area contributed by atoms with E-state index in [-0.39, 0.29) is 11.3 Å². The lowest BCUT2D eigenvalue weighted by Crippen LogP contribution is -2.23. The number of hydrogen-bond acceptors (Lipinski definition) is 3. The van der Waals surface area contributed by atoms with E-state index in [0.717, 1.165) is 11.4 Å². The molecule has 5 nitrogen and oxygen atoms in total. The molecule has 1 heterocycles. The molecule has 96 valence electrons. The molecule has 0 bridgehead atoms. The van der Waals surface area contributed by atoms with Crippen molar-refractivity contribution in [1.29, 1.82) is 0 Å². The quantitative estimate of drug-likeness (QED) is 0.869. The maximum absolute atomic E-state index is 12.4. The van der Waals surface area contributed by atoms with Gasteiger partial charge in [-0.05, 0) is 31.2 Å². The highest BCUT2D eigenvalue weighted by atomic mass is 16.3. The van der Waals surface area contributed by atoms with Gasteiger partial charge < -0.3 is 10.0 Å². The molecule has 0 amide bonds. The highest BCUT2D eigenvalue weighted by Gasteiger charge is 2.17. The van der Waals surface area contributed by atoms with Crippen molar-refractivity contribution < 1.29 is 5.11 Å².